The summed E-state index contributed by atoms with van der Waals surface area (Å²) in [6.07, 6.45) is 2.77. The van der Waals surface area contributed by atoms with Crippen LogP contribution in [-0.4, -0.2) is 41.5 Å². The van der Waals surface area contributed by atoms with Gasteiger partial charge in [-0.2, -0.15) is 13.2 Å². The number of aromatic nitrogens is 1. The van der Waals surface area contributed by atoms with Crippen LogP contribution in [0.3, 0.4) is 0 Å². The first-order chi connectivity index (χ1) is 12.3. The van der Waals surface area contributed by atoms with E-state index in [1.807, 2.05) is 0 Å². The van der Waals surface area contributed by atoms with E-state index in [-0.39, 0.29) is 17.9 Å². The van der Waals surface area contributed by atoms with Gasteiger partial charge in [-0.25, -0.2) is 4.98 Å². The lowest BCUT2D eigenvalue weighted by molar-refractivity contribution is -0.153. The lowest BCUT2D eigenvalue weighted by Gasteiger charge is -2.37. The fourth-order valence-electron chi connectivity index (χ4n) is 4.10. The molecule has 0 unspecified atom stereocenters. The monoisotopic (exact) mass is 373 g/mol. The van der Waals surface area contributed by atoms with Gasteiger partial charge >= 0.3 is 6.18 Å². The molecule has 1 amide bonds. The number of nitrogens with zero attached hydrogens (tertiary/aromatic N) is 2. The Morgan fingerprint density at radius 3 is 2.58 bits per heavy atom. The molecule has 1 aliphatic heterocycles. The van der Waals surface area contributed by atoms with Gasteiger partial charge in [0, 0.05) is 19.5 Å². The van der Waals surface area contributed by atoms with Crippen LogP contribution in [0, 0.1) is 12.8 Å². The Hall–Kier alpha value is -1.57. The molecule has 1 aromatic heterocycles. The zero-order valence-corrected chi connectivity index (χ0v) is 15.1. The highest BCUT2D eigenvalue weighted by atomic mass is 19.4. The molecule has 1 aliphatic carbocycles. The first-order valence-electron chi connectivity index (χ1n) is 9.42. The van der Waals surface area contributed by atoms with Gasteiger partial charge in [-0.05, 0) is 44.7 Å². The Bertz CT molecular complexity index is 624. The molecular formula is C18H26F3N3O2. The number of aryl methyl sites for hydroxylation is 1. The second-order valence-electron chi connectivity index (χ2n) is 7.39. The van der Waals surface area contributed by atoms with Crippen molar-refractivity contribution in [1.29, 1.82) is 0 Å². The SMILES string of the molecule is Cc1nc(C(=O)N[C@@H]2CCCC[C@H]2CN2CCCCC2)c(C(F)(F)F)o1. The predicted molar refractivity (Wildman–Crippen MR) is 89.7 cm³/mol. The van der Waals surface area contributed by atoms with E-state index in [1.165, 1.54) is 26.2 Å². The van der Waals surface area contributed by atoms with Crippen LogP contribution < -0.4 is 5.32 Å². The molecule has 5 nitrogen and oxygen atoms in total. The number of oxazole rings is 1. The molecule has 2 aliphatic rings. The minimum Gasteiger partial charge on any atom is -0.436 e. The van der Waals surface area contributed by atoms with Crippen LogP contribution in [0.4, 0.5) is 13.2 Å². The average Bonchev–Trinajstić information content (AvgIpc) is 3.00. The summed E-state index contributed by atoms with van der Waals surface area (Å²) < 4.78 is 43.8. The van der Waals surface area contributed by atoms with E-state index in [0.717, 1.165) is 45.3 Å². The minimum absolute atomic E-state index is 0.115. The van der Waals surface area contributed by atoms with E-state index in [2.05, 4.69) is 19.6 Å². The topological polar surface area (TPSA) is 58.4 Å². The maximum atomic E-state index is 13.1. The molecule has 0 spiro atoms. The van der Waals surface area contributed by atoms with Gasteiger partial charge in [0.15, 0.2) is 11.6 Å². The molecule has 2 fully saturated rings. The highest BCUT2D eigenvalue weighted by molar-refractivity contribution is 5.93. The quantitative estimate of drug-likeness (QED) is 0.873. The van der Waals surface area contributed by atoms with Crippen LogP contribution in [0.1, 0.15) is 67.1 Å². The van der Waals surface area contributed by atoms with Crippen LogP contribution in [0.25, 0.3) is 0 Å². The average molecular weight is 373 g/mol. The zero-order valence-electron chi connectivity index (χ0n) is 15.1. The lowest BCUT2D eigenvalue weighted by atomic mass is 9.83. The fraction of sp³-hybridized carbons (Fsp3) is 0.778. The number of amides is 1. The van der Waals surface area contributed by atoms with Crippen molar-refractivity contribution in [1.82, 2.24) is 15.2 Å². The molecule has 0 radical (unpaired) electrons. The van der Waals surface area contributed by atoms with E-state index < -0.39 is 23.5 Å². The number of carbonyl (C=O) groups is 1. The summed E-state index contributed by atoms with van der Waals surface area (Å²) in [6.45, 7) is 4.34. The first-order valence-corrected chi connectivity index (χ1v) is 9.42. The molecule has 26 heavy (non-hydrogen) atoms. The zero-order chi connectivity index (χ0) is 18.7. The Labute approximate surface area is 151 Å². The Balaban J connectivity index is 1.68. The van der Waals surface area contributed by atoms with Crippen LogP contribution in [-0.2, 0) is 6.18 Å². The van der Waals surface area contributed by atoms with Crippen molar-refractivity contribution in [2.75, 3.05) is 19.6 Å². The number of halogens is 3. The van der Waals surface area contributed by atoms with Crippen LogP contribution in [0.15, 0.2) is 4.42 Å². The Morgan fingerprint density at radius 2 is 1.88 bits per heavy atom. The molecule has 0 bridgehead atoms. The highest BCUT2D eigenvalue weighted by Crippen LogP contribution is 2.33. The third-order valence-electron chi connectivity index (χ3n) is 5.37. The van der Waals surface area contributed by atoms with Gasteiger partial charge in [-0.15, -0.1) is 0 Å². The smallest absolute Gasteiger partial charge is 0.436 e. The molecule has 1 saturated carbocycles. The van der Waals surface area contributed by atoms with Gasteiger partial charge in [0.05, 0.1) is 0 Å². The van der Waals surface area contributed by atoms with Crippen molar-refractivity contribution >= 4 is 5.91 Å². The van der Waals surface area contributed by atoms with Gasteiger partial charge in [-0.1, -0.05) is 19.3 Å². The molecule has 0 aromatic carbocycles. The van der Waals surface area contributed by atoms with Gasteiger partial charge in [0.25, 0.3) is 5.91 Å². The molecule has 2 atom stereocenters. The number of carbonyl (C=O) groups excluding carboxylic acids is 1. The molecule has 2 heterocycles. The van der Waals surface area contributed by atoms with Crippen LogP contribution in [0.5, 0.6) is 0 Å². The van der Waals surface area contributed by atoms with Crippen molar-refractivity contribution in [2.45, 2.75) is 64.1 Å². The summed E-state index contributed by atoms with van der Waals surface area (Å²) >= 11 is 0. The molecule has 1 N–H and O–H groups in total. The number of alkyl halides is 3. The molecule has 8 heteroatoms. The summed E-state index contributed by atoms with van der Waals surface area (Å²) in [4.78, 5) is 18.6. The normalized spacial score (nSPS) is 25.2. The number of hydrogen-bond acceptors (Lipinski definition) is 4. The highest BCUT2D eigenvalue weighted by Gasteiger charge is 2.42. The number of nitrogens with one attached hydrogen (secondary N) is 1. The second kappa shape index (κ2) is 7.98. The van der Waals surface area contributed by atoms with E-state index in [9.17, 15) is 18.0 Å². The lowest BCUT2D eigenvalue weighted by Crippen LogP contribution is -2.47. The third kappa shape index (κ3) is 4.58. The minimum atomic E-state index is -4.73. The Kier molecular flexibility index (Phi) is 5.89. The van der Waals surface area contributed by atoms with E-state index in [0.29, 0.717) is 0 Å². The molecule has 1 saturated heterocycles. The van der Waals surface area contributed by atoms with Crippen LogP contribution >= 0.6 is 0 Å². The van der Waals surface area contributed by atoms with Crippen molar-refractivity contribution in [3.8, 4) is 0 Å². The first kappa shape index (κ1) is 19.2. The molecular weight excluding hydrogens is 347 g/mol. The summed E-state index contributed by atoms with van der Waals surface area (Å²) in [7, 11) is 0. The summed E-state index contributed by atoms with van der Waals surface area (Å²) in [5, 5.41) is 2.81. The predicted octanol–water partition coefficient (Wildman–Crippen LogP) is 3.78. The molecule has 3 rings (SSSR count). The van der Waals surface area contributed by atoms with E-state index in [1.54, 1.807) is 0 Å². The number of hydrogen-bond donors (Lipinski definition) is 1. The second-order valence-corrected chi connectivity index (χ2v) is 7.39. The van der Waals surface area contributed by atoms with Crippen LogP contribution in [0.2, 0.25) is 0 Å². The number of rotatable bonds is 4. The summed E-state index contributed by atoms with van der Waals surface area (Å²) in [6, 6.07) is -0.115. The van der Waals surface area contributed by atoms with Gasteiger partial charge < -0.3 is 14.6 Å². The van der Waals surface area contributed by atoms with Gasteiger partial charge in [0.2, 0.25) is 5.76 Å². The summed E-state index contributed by atoms with van der Waals surface area (Å²) in [5.74, 6) is -1.98. The van der Waals surface area contributed by atoms with Crippen molar-refractivity contribution in [2.24, 2.45) is 5.92 Å². The maximum Gasteiger partial charge on any atom is 0.452 e. The Morgan fingerprint density at radius 1 is 1.19 bits per heavy atom. The van der Waals surface area contributed by atoms with Crippen molar-refractivity contribution in [3.63, 3.8) is 0 Å². The van der Waals surface area contributed by atoms with E-state index >= 15 is 0 Å². The molecule has 146 valence electrons. The third-order valence-corrected chi connectivity index (χ3v) is 5.37. The largest absolute Gasteiger partial charge is 0.452 e. The van der Waals surface area contributed by atoms with Gasteiger partial charge in [0.1, 0.15) is 0 Å². The number of likely N-dealkylation sites (tertiary alicyclic amines) is 1. The van der Waals surface area contributed by atoms with Crippen molar-refractivity contribution in [3.05, 3.63) is 17.3 Å². The fourth-order valence-corrected chi connectivity index (χ4v) is 4.10. The maximum absolute atomic E-state index is 13.1. The van der Waals surface area contributed by atoms with Crippen molar-refractivity contribution < 1.29 is 22.4 Å². The van der Waals surface area contributed by atoms with E-state index in [4.69, 9.17) is 0 Å². The summed E-state index contributed by atoms with van der Waals surface area (Å²) in [5.41, 5.74) is -0.655. The molecule has 1 aromatic rings. The standard InChI is InChI=1S/C18H26F3N3O2/c1-12-22-15(16(26-12)18(19,20)21)17(25)23-14-8-4-3-7-13(14)11-24-9-5-2-6-10-24/h13-14H,2-11H2,1H3,(H,23,25)/t13-,14+/m0/s1. The number of piperidine rings is 1. The van der Waals surface area contributed by atoms with Gasteiger partial charge in [-0.3, -0.25) is 4.79 Å².